The third-order valence-corrected chi connectivity index (χ3v) is 3.35. The van der Waals surface area contributed by atoms with E-state index in [0.29, 0.717) is 5.39 Å². The lowest BCUT2D eigenvalue weighted by Crippen LogP contribution is -2.29. The summed E-state index contributed by atoms with van der Waals surface area (Å²) in [5.41, 5.74) is 5.35. The molecule has 0 bridgehead atoms. The number of carbonyl (C=O) groups is 3. The zero-order chi connectivity index (χ0) is 15.0. The summed E-state index contributed by atoms with van der Waals surface area (Å²) in [6.07, 6.45) is -0.685. The molecule has 1 fully saturated rings. The van der Waals surface area contributed by atoms with Crippen LogP contribution in [0.2, 0.25) is 0 Å². The number of anilines is 1. The number of primary amides is 1. The van der Waals surface area contributed by atoms with E-state index in [0.717, 1.165) is 10.3 Å². The van der Waals surface area contributed by atoms with Gasteiger partial charge in [0, 0.05) is 18.2 Å². The van der Waals surface area contributed by atoms with Gasteiger partial charge in [-0.15, -0.1) is 0 Å². The number of carbonyl (C=O) groups excluding carboxylic acids is 3. The summed E-state index contributed by atoms with van der Waals surface area (Å²) >= 11 is 0. The lowest BCUT2D eigenvalue weighted by atomic mass is 10.1. The molecule has 0 aliphatic carbocycles. The second-order valence-corrected chi connectivity index (χ2v) is 4.68. The van der Waals surface area contributed by atoms with Crippen molar-refractivity contribution in [1.82, 2.24) is 0 Å². The Hall–Kier alpha value is -2.89. The van der Waals surface area contributed by atoms with Gasteiger partial charge in [0.15, 0.2) is 5.75 Å². The third kappa shape index (κ3) is 2.20. The van der Waals surface area contributed by atoms with E-state index >= 15 is 0 Å². The minimum absolute atomic E-state index is 0.129. The number of fused-ring (bicyclic) bond motifs is 1. The maximum Gasteiger partial charge on any atom is 0.410 e. The average Bonchev–Trinajstić information content (AvgIpc) is 2.78. The van der Waals surface area contributed by atoms with E-state index in [9.17, 15) is 14.4 Å². The summed E-state index contributed by atoms with van der Waals surface area (Å²) in [5, 5.41) is 1.43. The normalized spacial score (nSPS) is 14.8. The van der Waals surface area contributed by atoms with Gasteiger partial charge < -0.3 is 10.5 Å². The zero-order valence-electron chi connectivity index (χ0n) is 11.0. The lowest BCUT2D eigenvalue weighted by Gasteiger charge is -2.18. The molecule has 6 nitrogen and oxygen atoms in total. The molecule has 106 valence electrons. The van der Waals surface area contributed by atoms with Crippen LogP contribution in [0.3, 0.4) is 0 Å². The van der Waals surface area contributed by atoms with E-state index in [1.807, 2.05) is 12.1 Å². The fourth-order valence-corrected chi connectivity index (χ4v) is 2.46. The number of rotatable bonds is 2. The first-order valence-electron chi connectivity index (χ1n) is 6.43. The van der Waals surface area contributed by atoms with Crippen molar-refractivity contribution in [1.29, 1.82) is 0 Å². The van der Waals surface area contributed by atoms with E-state index in [4.69, 9.17) is 10.5 Å². The Labute approximate surface area is 120 Å². The minimum Gasteiger partial charge on any atom is -0.408 e. The Morgan fingerprint density at radius 3 is 2.38 bits per heavy atom. The molecule has 3 rings (SSSR count). The molecule has 0 aromatic heterocycles. The fourth-order valence-electron chi connectivity index (χ4n) is 2.46. The van der Waals surface area contributed by atoms with E-state index in [2.05, 4.69) is 0 Å². The number of nitrogens with two attached hydrogens (primary N) is 1. The van der Waals surface area contributed by atoms with Crippen LogP contribution in [0.1, 0.15) is 12.8 Å². The number of hydrogen-bond acceptors (Lipinski definition) is 4. The summed E-state index contributed by atoms with van der Waals surface area (Å²) in [6.45, 7) is 0. The molecule has 0 atom stereocenters. The molecule has 1 saturated heterocycles. The maximum atomic E-state index is 11.9. The van der Waals surface area contributed by atoms with E-state index < -0.39 is 6.09 Å². The number of nitrogens with zero attached hydrogens (tertiary/aromatic N) is 1. The zero-order valence-corrected chi connectivity index (χ0v) is 11.0. The summed E-state index contributed by atoms with van der Waals surface area (Å²) in [5.74, 6) is -0.501. The van der Waals surface area contributed by atoms with Crippen molar-refractivity contribution in [3.63, 3.8) is 0 Å². The molecule has 3 amide bonds. The van der Waals surface area contributed by atoms with Crippen molar-refractivity contribution in [2.45, 2.75) is 12.8 Å². The lowest BCUT2D eigenvalue weighted by molar-refractivity contribution is -0.121. The number of ether oxygens (including phenoxy) is 1. The molecule has 2 N–H and O–H groups in total. The first-order chi connectivity index (χ1) is 10.1. The summed E-state index contributed by atoms with van der Waals surface area (Å²) in [4.78, 5) is 36.0. The van der Waals surface area contributed by atoms with Crippen LogP contribution in [0.25, 0.3) is 10.8 Å². The van der Waals surface area contributed by atoms with Crippen molar-refractivity contribution in [2.75, 3.05) is 4.90 Å². The monoisotopic (exact) mass is 284 g/mol. The van der Waals surface area contributed by atoms with Crippen LogP contribution in [-0.2, 0) is 9.59 Å². The Kier molecular flexibility index (Phi) is 3.06. The average molecular weight is 284 g/mol. The highest BCUT2D eigenvalue weighted by molar-refractivity contribution is 6.21. The van der Waals surface area contributed by atoms with Crippen molar-refractivity contribution in [3.8, 4) is 5.75 Å². The Balaban J connectivity index is 2.24. The first kappa shape index (κ1) is 13.1. The molecule has 6 heteroatoms. The molecule has 0 unspecified atom stereocenters. The molecule has 21 heavy (non-hydrogen) atoms. The number of hydrogen-bond donors (Lipinski definition) is 1. The fraction of sp³-hybridized carbons (Fsp3) is 0.133. The second kappa shape index (κ2) is 4.90. The quantitative estimate of drug-likeness (QED) is 0.853. The van der Waals surface area contributed by atoms with Crippen molar-refractivity contribution < 1.29 is 19.1 Å². The molecule has 0 radical (unpaired) electrons. The van der Waals surface area contributed by atoms with Crippen molar-refractivity contribution >= 4 is 34.4 Å². The predicted octanol–water partition coefficient (Wildman–Crippen LogP) is 1.95. The predicted molar refractivity (Wildman–Crippen MR) is 75.9 cm³/mol. The van der Waals surface area contributed by atoms with Crippen LogP contribution in [0, 0.1) is 0 Å². The van der Waals surface area contributed by atoms with E-state index in [-0.39, 0.29) is 36.1 Å². The molecule has 2 aromatic carbocycles. The van der Waals surface area contributed by atoms with Crippen molar-refractivity contribution in [2.24, 2.45) is 5.73 Å². The molecule has 0 saturated carbocycles. The van der Waals surface area contributed by atoms with Gasteiger partial charge in [0.2, 0.25) is 11.8 Å². The van der Waals surface area contributed by atoms with E-state index in [1.54, 1.807) is 24.3 Å². The molecule has 1 heterocycles. The van der Waals surface area contributed by atoms with Gasteiger partial charge >= 0.3 is 6.09 Å². The van der Waals surface area contributed by atoms with Gasteiger partial charge in [-0.25, -0.2) is 9.69 Å². The first-order valence-corrected chi connectivity index (χ1v) is 6.43. The van der Waals surface area contributed by atoms with Crippen LogP contribution in [0.15, 0.2) is 36.4 Å². The summed E-state index contributed by atoms with van der Waals surface area (Å²) in [7, 11) is 0. The minimum atomic E-state index is -0.994. The molecule has 0 spiro atoms. The molecule has 1 aliphatic rings. The molecular weight excluding hydrogens is 272 g/mol. The molecule has 1 aliphatic heterocycles. The Bertz CT molecular complexity index is 753. The van der Waals surface area contributed by atoms with Crippen LogP contribution >= 0.6 is 0 Å². The Morgan fingerprint density at radius 2 is 1.71 bits per heavy atom. The molecular formula is C15H12N2O4. The van der Waals surface area contributed by atoms with Gasteiger partial charge in [0.25, 0.3) is 0 Å². The standard InChI is InChI=1S/C15H12N2O4/c16-15(20)21-14-10-4-2-1-3-9(10)5-6-11(14)17-12(18)7-8-13(17)19/h1-6H,7-8H2,(H2,16,20). The van der Waals surface area contributed by atoms with Gasteiger partial charge in [-0.2, -0.15) is 0 Å². The SMILES string of the molecule is NC(=O)Oc1c(N2C(=O)CCC2=O)ccc2ccccc12. The van der Waals surface area contributed by atoms with Crippen LogP contribution in [-0.4, -0.2) is 17.9 Å². The van der Waals surface area contributed by atoms with Crippen LogP contribution in [0.4, 0.5) is 10.5 Å². The van der Waals surface area contributed by atoms with Crippen LogP contribution < -0.4 is 15.4 Å². The highest BCUT2D eigenvalue weighted by Gasteiger charge is 2.33. The molecule has 2 aromatic rings. The topological polar surface area (TPSA) is 89.7 Å². The number of imide groups is 1. The van der Waals surface area contributed by atoms with Crippen molar-refractivity contribution in [3.05, 3.63) is 36.4 Å². The number of amides is 3. The third-order valence-electron chi connectivity index (χ3n) is 3.35. The smallest absolute Gasteiger partial charge is 0.408 e. The Morgan fingerprint density at radius 1 is 1.05 bits per heavy atom. The van der Waals surface area contributed by atoms with Gasteiger partial charge in [-0.05, 0) is 11.5 Å². The van der Waals surface area contributed by atoms with Gasteiger partial charge in [0.1, 0.15) is 0 Å². The van der Waals surface area contributed by atoms with Gasteiger partial charge in [-0.3, -0.25) is 9.59 Å². The van der Waals surface area contributed by atoms with E-state index in [1.165, 1.54) is 0 Å². The largest absolute Gasteiger partial charge is 0.410 e. The highest BCUT2D eigenvalue weighted by atomic mass is 16.5. The number of benzene rings is 2. The second-order valence-electron chi connectivity index (χ2n) is 4.68. The summed E-state index contributed by atoms with van der Waals surface area (Å²) < 4.78 is 5.06. The van der Waals surface area contributed by atoms with Gasteiger partial charge in [0.05, 0.1) is 5.69 Å². The summed E-state index contributed by atoms with van der Waals surface area (Å²) in [6, 6.07) is 10.5. The van der Waals surface area contributed by atoms with Crippen LogP contribution in [0.5, 0.6) is 5.75 Å². The van der Waals surface area contributed by atoms with Gasteiger partial charge in [-0.1, -0.05) is 30.3 Å². The maximum absolute atomic E-state index is 11.9. The highest BCUT2D eigenvalue weighted by Crippen LogP contribution is 2.38.